The first-order valence-electron chi connectivity index (χ1n) is 7.30. The third-order valence-corrected chi connectivity index (χ3v) is 3.47. The summed E-state index contributed by atoms with van der Waals surface area (Å²) in [6.45, 7) is 3.67. The molecule has 23 heavy (non-hydrogen) atoms. The van der Waals surface area contributed by atoms with E-state index >= 15 is 0 Å². The molecule has 0 spiro atoms. The standard InChI is InChI=1S/C16H18F3N3O/c1-3-12-4-6-13(7-5-12)20-15(23)8-9-22-11(2)10-14(21-22)16(17,18)19/h4-7,10H,3,8-9H2,1-2H3,(H,20,23). The predicted octanol–water partition coefficient (Wildman–Crippen LogP) is 3.80. The average Bonchev–Trinajstić information content (AvgIpc) is 2.87. The number of carbonyl (C=O) groups is 1. The number of nitrogens with zero attached hydrogens (tertiary/aromatic N) is 2. The third-order valence-electron chi connectivity index (χ3n) is 3.47. The van der Waals surface area contributed by atoms with Gasteiger partial charge in [-0.15, -0.1) is 0 Å². The van der Waals surface area contributed by atoms with Crippen molar-refractivity contribution in [3.8, 4) is 0 Å². The lowest BCUT2D eigenvalue weighted by molar-refractivity contribution is -0.141. The second kappa shape index (κ2) is 6.85. The van der Waals surface area contributed by atoms with E-state index in [2.05, 4.69) is 10.4 Å². The van der Waals surface area contributed by atoms with Crippen molar-refractivity contribution in [3.63, 3.8) is 0 Å². The molecule has 1 amide bonds. The Morgan fingerprint density at radius 3 is 2.43 bits per heavy atom. The molecule has 0 saturated heterocycles. The van der Waals surface area contributed by atoms with E-state index in [1.54, 1.807) is 12.1 Å². The Hall–Kier alpha value is -2.31. The van der Waals surface area contributed by atoms with Crippen LogP contribution in [0.3, 0.4) is 0 Å². The summed E-state index contributed by atoms with van der Waals surface area (Å²) in [6, 6.07) is 8.42. The van der Waals surface area contributed by atoms with E-state index in [4.69, 9.17) is 0 Å². The molecular formula is C16H18F3N3O. The van der Waals surface area contributed by atoms with E-state index in [0.29, 0.717) is 11.4 Å². The van der Waals surface area contributed by atoms with Gasteiger partial charge >= 0.3 is 6.18 Å². The van der Waals surface area contributed by atoms with Gasteiger partial charge in [0, 0.05) is 24.3 Å². The average molecular weight is 325 g/mol. The van der Waals surface area contributed by atoms with Gasteiger partial charge in [-0.05, 0) is 37.1 Å². The first-order valence-corrected chi connectivity index (χ1v) is 7.30. The second-order valence-corrected chi connectivity index (χ2v) is 5.24. The van der Waals surface area contributed by atoms with Crippen molar-refractivity contribution in [1.29, 1.82) is 0 Å². The molecule has 0 unspecified atom stereocenters. The van der Waals surface area contributed by atoms with E-state index in [0.717, 1.165) is 18.1 Å². The number of hydrogen-bond donors (Lipinski definition) is 1. The molecule has 0 radical (unpaired) electrons. The summed E-state index contributed by atoms with van der Waals surface area (Å²) in [5, 5.41) is 6.21. The Morgan fingerprint density at radius 2 is 1.91 bits per heavy atom. The van der Waals surface area contributed by atoms with Gasteiger partial charge in [-0.2, -0.15) is 18.3 Å². The molecule has 0 aliphatic heterocycles. The summed E-state index contributed by atoms with van der Waals surface area (Å²) in [6.07, 6.45) is -3.51. The van der Waals surface area contributed by atoms with Gasteiger partial charge in [0.15, 0.2) is 5.69 Å². The van der Waals surface area contributed by atoms with E-state index in [-0.39, 0.29) is 18.9 Å². The van der Waals surface area contributed by atoms with E-state index in [1.165, 1.54) is 11.6 Å². The lowest BCUT2D eigenvalue weighted by Crippen LogP contribution is -2.16. The first-order chi connectivity index (χ1) is 10.8. The van der Waals surface area contributed by atoms with Crippen molar-refractivity contribution in [1.82, 2.24) is 9.78 Å². The molecule has 2 aromatic rings. The van der Waals surface area contributed by atoms with E-state index in [1.807, 2.05) is 19.1 Å². The Morgan fingerprint density at radius 1 is 1.26 bits per heavy atom. The van der Waals surface area contributed by atoms with Crippen LogP contribution in [0.25, 0.3) is 0 Å². The summed E-state index contributed by atoms with van der Waals surface area (Å²) >= 11 is 0. The molecule has 7 heteroatoms. The molecule has 1 N–H and O–H groups in total. The highest BCUT2D eigenvalue weighted by Gasteiger charge is 2.34. The van der Waals surface area contributed by atoms with Crippen molar-refractivity contribution in [2.24, 2.45) is 0 Å². The lowest BCUT2D eigenvalue weighted by Gasteiger charge is -2.07. The van der Waals surface area contributed by atoms with Gasteiger partial charge in [-0.3, -0.25) is 9.48 Å². The van der Waals surface area contributed by atoms with Crippen LogP contribution in [0.5, 0.6) is 0 Å². The molecule has 0 aliphatic carbocycles. The zero-order valence-electron chi connectivity index (χ0n) is 12.9. The number of benzene rings is 1. The maximum absolute atomic E-state index is 12.6. The summed E-state index contributed by atoms with van der Waals surface area (Å²) < 4.78 is 38.9. The van der Waals surface area contributed by atoms with Gasteiger partial charge < -0.3 is 5.32 Å². The fraction of sp³-hybridized carbons (Fsp3) is 0.375. The van der Waals surface area contributed by atoms with Crippen molar-refractivity contribution in [2.45, 2.75) is 39.4 Å². The van der Waals surface area contributed by atoms with Gasteiger partial charge in [0.25, 0.3) is 0 Å². The number of aromatic nitrogens is 2. The highest BCUT2D eigenvalue weighted by atomic mass is 19.4. The van der Waals surface area contributed by atoms with Crippen molar-refractivity contribution in [3.05, 3.63) is 47.3 Å². The smallest absolute Gasteiger partial charge is 0.326 e. The van der Waals surface area contributed by atoms with Crippen LogP contribution in [0.4, 0.5) is 18.9 Å². The topological polar surface area (TPSA) is 46.9 Å². The zero-order chi connectivity index (χ0) is 17.0. The normalized spacial score (nSPS) is 11.5. The number of nitrogens with one attached hydrogen (secondary N) is 1. The molecule has 1 heterocycles. The number of carbonyl (C=O) groups excluding carboxylic acids is 1. The number of anilines is 1. The van der Waals surface area contributed by atoms with Gasteiger partial charge in [-0.1, -0.05) is 19.1 Å². The van der Waals surface area contributed by atoms with Crippen LogP contribution in [0, 0.1) is 6.92 Å². The van der Waals surface area contributed by atoms with Crippen molar-refractivity contribution in [2.75, 3.05) is 5.32 Å². The zero-order valence-corrected chi connectivity index (χ0v) is 12.9. The van der Waals surface area contributed by atoms with Crippen LogP contribution in [0.1, 0.15) is 30.3 Å². The number of hydrogen-bond acceptors (Lipinski definition) is 2. The van der Waals surface area contributed by atoms with Gasteiger partial charge in [0.2, 0.25) is 5.91 Å². The SMILES string of the molecule is CCc1ccc(NC(=O)CCn2nc(C(F)(F)F)cc2C)cc1. The van der Waals surface area contributed by atoms with Crippen molar-refractivity contribution < 1.29 is 18.0 Å². The third kappa shape index (κ3) is 4.58. The Balaban J connectivity index is 1.92. The number of rotatable bonds is 5. The fourth-order valence-corrected chi connectivity index (χ4v) is 2.13. The minimum absolute atomic E-state index is 0.0509. The molecule has 1 aromatic heterocycles. The molecule has 1 aromatic carbocycles. The number of amides is 1. The molecule has 0 saturated carbocycles. The highest BCUT2D eigenvalue weighted by molar-refractivity contribution is 5.90. The lowest BCUT2D eigenvalue weighted by atomic mass is 10.1. The molecule has 124 valence electrons. The summed E-state index contributed by atoms with van der Waals surface area (Å²) in [4.78, 5) is 11.9. The predicted molar refractivity (Wildman–Crippen MR) is 81.0 cm³/mol. The highest BCUT2D eigenvalue weighted by Crippen LogP contribution is 2.28. The summed E-state index contributed by atoms with van der Waals surface area (Å²) in [7, 11) is 0. The Labute approximate surface area is 132 Å². The van der Waals surface area contributed by atoms with Gasteiger partial charge in [0.05, 0.1) is 0 Å². The quantitative estimate of drug-likeness (QED) is 0.909. The Kier molecular flexibility index (Phi) is 5.08. The maximum Gasteiger partial charge on any atom is 0.435 e. The van der Waals surface area contributed by atoms with Gasteiger partial charge in [-0.25, -0.2) is 0 Å². The minimum Gasteiger partial charge on any atom is -0.326 e. The number of aryl methyl sites for hydroxylation is 3. The second-order valence-electron chi connectivity index (χ2n) is 5.24. The van der Waals surface area contributed by atoms with Crippen LogP contribution in [0.15, 0.2) is 30.3 Å². The van der Waals surface area contributed by atoms with E-state index in [9.17, 15) is 18.0 Å². The maximum atomic E-state index is 12.6. The summed E-state index contributed by atoms with van der Waals surface area (Å²) in [5.74, 6) is -0.266. The van der Waals surface area contributed by atoms with Crippen LogP contribution in [-0.2, 0) is 23.9 Å². The molecule has 0 aliphatic rings. The Bertz CT molecular complexity index is 675. The van der Waals surface area contributed by atoms with Crippen LogP contribution in [0.2, 0.25) is 0 Å². The molecule has 4 nitrogen and oxygen atoms in total. The van der Waals surface area contributed by atoms with E-state index < -0.39 is 11.9 Å². The molecule has 0 bridgehead atoms. The molecule has 2 rings (SSSR count). The van der Waals surface area contributed by atoms with Crippen LogP contribution >= 0.6 is 0 Å². The molecule has 0 atom stereocenters. The largest absolute Gasteiger partial charge is 0.435 e. The monoisotopic (exact) mass is 325 g/mol. The summed E-state index contributed by atoms with van der Waals surface area (Å²) in [5.41, 5.74) is 1.26. The first kappa shape index (κ1) is 17.1. The van der Waals surface area contributed by atoms with Crippen LogP contribution in [-0.4, -0.2) is 15.7 Å². The van der Waals surface area contributed by atoms with Crippen LogP contribution < -0.4 is 5.32 Å². The van der Waals surface area contributed by atoms with Crippen molar-refractivity contribution >= 4 is 11.6 Å². The molecular weight excluding hydrogens is 307 g/mol. The van der Waals surface area contributed by atoms with Gasteiger partial charge in [0.1, 0.15) is 0 Å². The number of halogens is 3. The molecule has 0 fully saturated rings. The minimum atomic E-state index is -4.47. The number of alkyl halides is 3. The fourth-order valence-electron chi connectivity index (χ4n) is 2.13.